The second-order valence-electron chi connectivity index (χ2n) is 4.74. The van der Waals surface area contributed by atoms with Crippen molar-refractivity contribution in [1.29, 1.82) is 0 Å². The summed E-state index contributed by atoms with van der Waals surface area (Å²) in [5.41, 5.74) is 2.38. The average Bonchev–Trinajstić information content (AvgIpc) is 2.69. The lowest BCUT2D eigenvalue weighted by molar-refractivity contribution is 0.297. The Hall–Kier alpha value is -0.390. The van der Waals surface area contributed by atoms with Crippen LogP contribution in [0, 0.1) is 0 Å². The smallest absolute Gasteiger partial charge is 0.0767 e. The first-order valence-electron chi connectivity index (χ1n) is 7.27. The van der Waals surface area contributed by atoms with E-state index < -0.39 is 0 Å². The van der Waals surface area contributed by atoms with E-state index in [9.17, 15) is 0 Å². The fourth-order valence-corrected chi connectivity index (χ4v) is 2.94. The molecule has 5 heteroatoms. The molecule has 0 amide bonds. The Labute approximate surface area is 125 Å². The minimum atomic E-state index is 0.877. The van der Waals surface area contributed by atoms with Crippen LogP contribution in [0.5, 0.6) is 0 Å². The monoisotopic (exact) mass is 330 g/mol. The topological polar surface area (TPSA) is 33.1 Å². The molecule has 1 rings (SSSR count). The molecule has 0 spiro atoms. The number of hydrogen-bond donors (Lipinski definition) is 1. The zero-order chi connectivity index (χ0) is 14.3. The van der Waals surface area contributed by atoms with E-state index in [1.165, 1.54) is 18.7 Å². The summed E-state index contributed by atoms with van der Waals surface area (Å²) in [6.45, 7) is 12.0. The fourth-order valence-electron chi connectivity index (χ4n) is 2.19. The Bertz CT molecular complexity index is 372. The Morgan fingerprint density at radius 1 is 1.26 bits per heavy atom. The van der Waals surface area contributed by atoms with Crippen LogP contribution >= 0.6 is 15.9 Å². The molecule has 0 radical (unpaired) electrons. The highest BCUT2D eigenvalue weighted by Gasteiger charge is 2.11. The molecule has 0 aliphatic carbocycles. The summed E-state index contributed by atoms with van der Waals surface area (Å²) in [5.74, 6) is 0. The third-order valence-electron chi connectivity index (χ3n) is 3.52. The van der Waals surface area contributed by atoms with Crippen LogP contribution in [0.1, 0.15) is 38.6 Å². The molecule has 0 aliphatic rings. The van der Waals surface area contributed by atoms with Crippen LogP contribution in [0.4, 0.5) is 0 Å². The van der Waals surface area contributed by atoms with E-state index in [0.29, 0.717) is 0 Å². The van der Waals surface area contributed by atoms with Crippen LogP contribution in [0.15, 0.2) is 4.47 Å². The molecule has 0 unspecified atom stereocenters. The summed E-state index contributed by atoms with van der Waals surface area (Å²) in [5, 5.41) is 8.01. The molecular weight excluding hydrogens is 304 g/mol. The summed E-state index contributed by atoms with van der Waals surface area (Å²) >= 11 is 3.65. The van der Waals surface area contributed by atoms with Crippen LogP contribution in [0.25, 0.3) is 0 Å². The Balaban J connectivity index is 2.32. The van der Waals surface area contributed by atoms with Crippen molar-refractivity contribution < 1.29 is 0 Å². The van der Waals surface area contributed by atoms with Gasteiger partial charge in [0.05, 0.1) is 15.9 Å². The van der Waals surface area contributed by atoms with Crippen LogP contribution < -0.4 is 5.32 Å². The lowest BCUT2D eigenvalue weighted by atomic mass is 10.3. The van der Waals surface area contributed by atoms with Gasteiger partial charge in [0.25, 0.3) is 0 Å². The summed E-state index contributed by atoms with van der Waals surface area (Å²) in [7, 11) is 2.01. The van der Waals surface area contributed by atoms with Gasteiger partial charge in [-0.1, -0.05) is 20.8 Å². The number of rotatable bonds is 9. The van der Waals surface area contributed by atoms with Crippen LogP contribution in [0.2, 0.25) is 0 Å². The van der Waals surface area contributed by atoms with Gasteiger partial charge < -0.3 is 10.2 Å². The first kappa shape index (κ1) is 16.7. The van der Waals surface area contributed by atoms with E-state index in [-0.39, 0.29) is 0 Å². The summed E-state index contributed by atoms with van der Waals surface area (Å²) in [6.07, 6.45) is 2.16. The molecule has 0 atom stereocenters. The standard InChI is InChI=1S/C14H27BrN4/c1-5-12-14(15)13(18(4)17-12)11-16-9-8-10-19(6-2)7-3/h16H,5-11H2,1-4H3. The molecule has 0 saturated carbocycles. The third-order valence-corrected chi connectivity index (χ3v) is 4.43. The van der Waals surface area contributed by atoms with Crippen molar-refractivity contribution in [2.45, 2.75) is 40.2 Å². The van der Waals surface area contributed by atoms with Gasteiger partial charge in [-0.2, -0.15) is 5.10 Å². The molecule has 110 valence electrons. The number of hydrogen-bond acceptors (Lipinski definition) is 3. The van der Waals surface area contributed by atoms with E-state index in [4.69, 9.17) is 0 Å². The molecule has 1 heterocycles. The normalized spacial score (nSPS) is 11.5. The van der Waals surface area contributed by atoms with Gasteiger partial charge in [-0.3, -0.25) is 4.68 Å². The molecule has 0 fully saturated rings. The van der Waals surface area contributed by atoms with Crippen LogP contribution in [-0.2, 0) is 20.0 Å². The fraction of sp³-hybridized carbons (Fsp3) is 0.786. The predicted octanol–water partition coefficient (Wildman–Crippen LogP) is 2.57. The molecule has 4 nitrogen and oxygen atoms in total. The highest BCUT2D eigenvalue weighted by molar-refractivity contribution is 9.10. The maximum atomic E-state index is 4.50. The highest BCUT2D eigenvalue weighted by atomic mass is 79.9. The Morgan fingerprint density at radius 3 is 2.47 bits per heavy atom. The molecule has 0 saturated heterocycles. The van der Waals surface area contributed by atoms with E-state index in [1.54, 1.807) is 0 Å². The van der Waals surface area contributed by atoms with Crippen molar-refractivity contribution in [3.8, 4) is 0 Å². The number of aromatic nitrogens is 2. The lowest BCUT2D eigenvalue weighted by Gasteiger charge is -2.17. The van der Waals surface area contributed by atoms with Gasteiger partial charge in [0.1, 0.15) is 0 Å². The van der Waals surface area contributed by atoms with Gasteiger partial charge in [0, 0.05) is 13.6 Å². The van der Waals surface area contributed by atoms with Gasteiger partial charge in [-0.25, -0.2) is 0 Å². The van der Waals surface area contributed by atoms with Crippen molar-refractivity contribution in [1.82, 2.24) is 20.0 Å². The molecular formula is C14H27BrN4. The third kappa shape index (κ3) is 4.89. The van der Waals surface area contributed by atoms with Gasteiger partial charge in [0.2, 0.25) is 0 Å². The molecule has 0 bridgehead atoms. The number of nitrogens with one attached hydrogen (secondary N) is 1. The first-order valence-corrected chi connectivity index (χ1v) is 8.06. The van der Waals surface area contributed by atoms with E-state index >= 15 is 0 Å². The summed E-state index contributed by atoms with van der Waals surface area (Å²) in [4.78, 5) is 2.46. The van der Waals surface area contributed by atoms with Crippen molar-refractivity contribution in [2.75, 3.05) is 26.2 Å². The molecule has 1 N–H and O–H groups in total. The van der Waals surface area contributed by atoms with Crippen LogP contribution in [-0.4, -0.2) is 40.9 Å². The first-order chi connectivity index (χ1) is 9.13. The quantitative estimate of drug-likeness (QED) is 0.706. The molecule has 0 aliphatic heterocycles. The molecule has 0 aromatic carbocycles. The average molecular weight is 331 g/mol. The molecule has 1 aromatic heterocycles. The van der Waals surface area contributed by atoms with E-state index in [0.717, 1.165) is 42.8 Å². The number of nitrogens with zero attached hydrogens (tertiary/aromatic N) is 3. The van der Waals surface area contributed by atoms with Crippen molar-refractivity contribution >= 4 is 15.9 Å². The maximum Gasteiger partial charge on any atom is 0.0767 e. The van der Waals surface area contributed by atoms with Crippen molar-refractivity contribution in [3.63, 3.8) is 0 Å². The SMILES string of the molecule is CCc1nn(C)c(CNCCCN(CC)CC)c1Br. The maximum absolute atomic E-state index is 4.50. The zero-order valence-electron chi connectivity index (χ0n) is 12.7. The van der Waals surface area contributed by atoms with Gasteiger partial charge in [0.15, 0.2) is 0 Å². The van der Waals surface area contributed by atoms with Crippen molar-refractivity contribution in [2.24, 2.45) is 7.05 Å². The minimum absolute atomic E-state index is 0.877. The van der Waals surface area contributed by atoms with Gasteiger partial charge >= 0.3 is 0 Å². The summed E-state index contributed by atoms with van der Waals surface area (Å²) in [6, 6.07) is 0. The van der Waals surface area contributed by atoms with Gasteiger partial charge in [-0.15, -0.1) is 0 Å². The predicted molar refractivity (Wildman–Crippen MR) is 84.4 cm³/mol. The second-order valence-corrected chi connectivity index (χ2v) is 5.53. The minimum Gasteiger partial charge on any atom is -0.311 e. The van der Waals surface area contributed by atoms with E-state index in [2.05, 4.69) is 52.0 Å². The summed E-state index contributed by atoms with van der Waals surface area (Å²) < 4.78 is 3.13. The van der Waals surface area contributed by atoms with Crippen LogP contribution in [0.3, 0.4) is 0 Å². The lowest BCUT2D eigenvalue weighted by Crippen LogP contribution is -2.27. The highest BCUT2D eigenvalue weighted by Crippen LogP contribution is 2.21. The molecule has 1 aromatic rings. The van der Waals surface area contributed by atoms with E-state index in [1.807, 2.05) is 11.7 Å². The Kier molecular flexibility index (Phi) is 7.64. The molecule has 19 heavy (non-hydrogen) atoms. The van der Waals surface area contributed by atoms with Gasteiger partial charge in [-0.05, 0) is 55.0 Å². The second kappa shape index (κ2) is 8.72. The Morgan fingerprint density at radius 2 is 1.95 bits per heavy atom. The van der Waals surface area contributed by atoms with Crippen molar-refractivity contribution in [3.05, 3.63) is 15.9 Å². The number of halogens is 1. The largest absolute Gasteiger partial charge is 0.311 e. The zero-order valence-corrected chi connectivity index (χ0v) is 14.3. The number of aryl methyl sites for hydroxylation is 2.